The van der Waals surface area contributed by atoms with E-state index in [1.807, 2.05) is 18.2 Å². The number of furan rings is 1. The minimum Gasteiger partial charge on any atom is -0.451 e. The molecule has 4 nitrogen and oxygen atoms in total. The zero-order valence-electron chi connectivity index (χ0n) is 9.73. The van der Waals surface area contributed by atoms with Crippen molar-refractivity contribution in [1.82, 2.24) is 4.90 Å². The van der Waals surface area contributed by atoms with Gasteiger partial charge in [-0.1, -0.05) is 15.9 Å². The molecule has 0 unspecified atom stereocenters. The van der Waals surface area contributed by atoms with Gasteiger partial charge in [-0.3, -0.25) is 4.79 Å². The second-order valence-corrected chi connectivity index (χ2v) is 5.51. The van der Waals surface area contributed by atoms with Crippen LogP contribution < -0.4 is 5.73 Å². The van der Waals surface area contributed by atoms with Crippen molar-refractivity contribution >= 4 is 32.8 Å². The number of rotatable bonds is 1. The summed E-state index contributed by atoms with van der Waals surface area (Å²) < 4.78 is 6.55. The molecule has 1 saturated heterocycles. The molecule has 1 aliphatic rings. The first-order valence-electron chi connectivity index (χ1n) is 5.87. The molecule has 18 heavy (non-hydrogen) atoms. The van der Waals surface area contributed by atoms with E-state index in [9.17, 15) is 4.79 Å². The molecule has 0 saturated carbocycles. The lowest BCUT2D eigenvalue weighted by Gasteiger charge is -2.13. The van der Waals surface area contributed by atoms with Crippen molar-refractivity contribution in [2.24, 2.45) is 5.73 Å². The molecule has 2 heterocycles. The minimum absolute atomic E-state index is 0.0738. The number of carbonyl (C=O) groups is 1. The lowest BCUT2D eigenvalue weighted by molar-refractivity contribution is 0.0761. The van der Waals surface area contributed by atoms with Crippen molar-refractivity contribution in [3.63, 3.8) is 0 Å². The van der Waals surface area contributed by atoms with Crippen molar-refractivity contribution in [1.29, 1.82) is 0 Å². The molecule has 0 aliphatic carbocycles. The van der Waals surface area contributed by atoms with E-state index in [0.717, 1.165) is 21.9 Å². The molecule has 1 aromatic carbocycles. The lowest BCUT2D eigenvalue weighted by atomic mass is 10.2. The van der Waals surface area contributed by atoms with Gasteiger partial charge in [-0.2, -0.15) is 0 Å². The standard InChI is InChI=1S/C13H13BrN2O2/c14-9-1-2-11-8(5-9)6-12(18-11)13(17)16-4-3-10(15)7-16/h1-2,5-6,10H,3-4,7,15H2/t10-/m1/s1. The molecule has 1 aromatic heterocycles. The number of halogens is 1. The number of amides is 1. The fourth-order valence-corrected chi connectivity index (χ4v) is 2.63. The van der Waals surface area contributed by atoms with Crippen LogP contribution in [0.5, 0.6) is 0 Å². The predicted molar refractivity (Wildman–Crippen MR) is 72.4 cm³/mol. The molecule has 5 heteroatoms. The quantitative estimate of drug-likeness (QED) is 0.880. The summed E-state index contributed by atoms with van der Waals surface area (Å²) in [6.45, 7) is 1.32. The summed E-state index contributed by atoms with van der Waals surface area (Å²) in [5, 5.41) is 0.927. The van der Waals surface area contributed by atoms with E-state index in [4.69, 9.17) is 10.2 Å². The first kappa shape index (κ1) is 11.7. The summed E-state index contributed by atoms with van der Waals surface area (Å²) in [4.78, 5) is 14.0. The van der Waals surface area contributed by atoms with Crippen LogP contribution in [-0.2, 0) is 0 Å². The van der Waals surface area contributed by atoms with Gasteiger partial charge in [0.15, 0.2) is 5.76 Å². The molecular formula is C13H13BrN2O2. The number of hydrogen-bond donors (Lipinski definition) is 1. The van der Waals surface area contributed by atoms with E-state index < -0.39 is 0 Å². The third kappa shape index (κ3) is 2.04. The van der Waals surface area contributed by atoms with Crippen LogP contribution in [0.4, 0.5) is 0 Å². The van der Waals surface area contributed by atoms with Crippen LogP contribution in [-0.4, -0.2) is 29.9 Å². The van der Waals surface area contributed by atoms with Gasteiger partial charge < -0.3 is 15.1 Å². The normalized spacial score (nSPS) is 19.7. The highest BCUT2D eigenvalue weighted by Gasteiger charge is 2.26. The SMILES string of the molecule is N[C@@H]1CCN(C(=O)c2cc3cc(Br)ccc3o2)C1. The van der Waals surface area contributed by atoms with Crippen molar-refractivity contribution < 1.29 is 9.21 Å². The molecule has 0 radical (unpaired) electrons. The molecule has 0 spiro atoms. The Balaban J connectivity index is 1.92. The average Bonchev–Trinajstić information content (AvgIpc) is 2.93. The topological polar surface area (TPSA) is 59.5 Å². The third-order valence-corrected chi connectivity index (χ3v) is 3.69. The van der Waals surface area contributed by atoms with E-state index >= 15 is 0 Å². The summed E-state index contributed by atoms with van der Waals surface area (Å²) >= 11 is 3.40. The second-order valence-electron chi connectivity index (χ2n) is 4.59. The Hall–Kier alpha value is -1.33. The van der Waals surface area contributed by atoms with Crippen LogP contribution in [0.25, 0.3) is 11.0 Å². The van der Waals surface area contributed by atoms with E-state index in [1.54, 1.807) is 11.0 Å². The number of likely N-dealkylation sites (tertiary alicyclic amines) is 1. The summed E-state index contributed by atoms with van der Waals surface area (Å²) in [6.07, 6.45) is 0.859. The van der Waals surface area contributed by atoms with Gasteiger partial charge in [0.05, 0.1) is 0 Å². The predicted octanol–water partition coefficient (Wildman–Crippen LogP) is 2.37. The Kier molecular flexibility index (Phi) is 2.87. The molecule has 2 aromatic rings. The maximum absolute atomic E-state index is 12.2. The zero-order chi connectivity index (χ0) is 12.7. The van der Waals surface area contributed by atoms with Crippen molar-refractivity contribution in [3.8, 4) is 0 Å². The molecule has 2 N–H and O–H groups in total. The molecular weight excluding hydrogens is 296 g/mol. The monoisotopic (exact) mass is 308 g/mol. The van der Waals surface area contributed by atoms with E-state index in [1.165, 1.54) is 0 Å². The van der Waals surface area contributed by atoms with Gasteiger partial charge in [0.2, 0.25) is 0 Å². The number of benzene rings is 1. The Bertz CT molecular complexity index is 608. The maximum Gasteiger partial charge on any atom is 0.289 e. The Morgan fingerprint density at radius 1 is 1.44 bits per heavy atom. The number of hydrogen-bond acceptors (Lipinski definition) is 3. The van der Waals surface area contributed by atoms with Crippen LogP contribution >= 0.6 is 15.9 Å². The molecule has 1 aliphatic heterocycles. The van der Waals surface area contributed by atoms with Crippen molar-refractivity contribution in [2.45, 2.75) is 12.5 Å². The van der Waals surface area contributed by atoms with E-state index in [-0.39, 0.29) is 11.9 Å². The number of nitrogens with two attached hydrogens (primary N) is 1. The first-order valence-corrected chi connectivity index (χ1v) is 6.67. The summed E-state index contributed by atoms with van der Waals surface area (Å²) in [5.41, 5.74) is 6.53. The van der Waals surface area contributed by atoms with Gasteiger partial charge >= 0.3 is 0 Å². The molecule has 1 amide bonds. The van der Waals surface area contributed by atoms with Gasteiger partial charge in [-0.05, 0) is 30.7 Å². The first-order chi connectivity index (χ1) is 8.63. The van der Waals surface area contributed by atoms with Crippen molar-refractivity contribution in [2.75, 3.05) is 13.1 Å². The highest BCUT2D eigenvalue weighted by Crippen LogP contribution is 2.24. The highest BCUT2D eigenvalue weighted by atomic mass is 79.9. The molecule has 1 atom stereocenters. The van der Waals surface area contributed by atoms with Crippen LogP contribution in [0, 0.1) is 0 Å². The Morgan fingerprint density at radius 2 is 2.28 bits per heavy atom. The molecule has 94 valence electrons. The summed E-state index contributed by atoms with van der Waals surface area (Å²) in [7, 11) is 0. The third-order valence-electron chi connectivity index (χ3n) is 3.20. The number of fused-ring (bicyclic) bond motifs is 1. The largest absolute Gasteiger partial charge is 0.451 e. The Labute approximate surface area is 113 Å². The molecule has 0 bridgehead atoms. The number of carbonyl (C=O) groups excluding carboxylic acids is 1. The summed E-state index contributed by atoms with van der Waals surface area (Å²) in [5.74, 6) is 0.312. The van der Waals surface area contributed by atoms with Crippen LogP contribution in [0.2, 0.25) is 0 Å². The second kappa shape index (κ2) is 4.40. The van der Waals surface area contributed by atoms with Gasteiger partial charge in [0, 0.05) is 29.0 Å². The fourth-order valence-electron chi connectivity index (χ4n) is 2.25. The van der Waals surface area contributed by atoms with Crippen LogP contribution in [0.1, 0.15) is 17.0 Å². The molecule has 1 fully saturated rings. The van der Waals surface area contributed by atoms with Crippen LogP contribution in [0.15, 0.2) is 33.2 Å². The van der Waals surface area contributed by atoms with Crippen molar-refractivity contribution in [3.05, 3.63) is 34.5 Å². The van der Waals surface area contributed by atoms with Gasteiger partial charge in [0.1, 0.15) is 5.58 Å². The van der Waals surface area contributed by atoms with E-state index in [0.29, 0.717) is 18.8 Å². The van der Waals surface area contributed by atoms with Gasteiger partial charge in [-0.15, -0.1) is 0 Å². The van der Waals surface area contributed by atoms with Gasteiger partial charge in [-0.25, -0.2) is 0 Å². The maximum atomic E-state index is 12.2. The summed E-state index contributed by atoms with van der Waals surface area (Å²) in [6, 6.07) is 7.56. The fraction of sp³-hybridized carbons (Fsp3) is 0.308. The average molecular weight is 309 g/mol. The minimum atomic E-state index is -0.0738. The smallest absolute Gasteiger partial charge is 0.289 e. The highest BCUT2D eigenvalue weighted by molar-refractivity contribution is 9.10. The number of nitrogens with zero attached hydrogens (tertiary/aromatic N) is 1. The Morgan fingerprint density at radius 3 is 3.00 bits per heavy atom. The lowest BCUT2D eigenvalue weighted by Crippen LogP contribution is -2.31. The van der Waals surface area contributed by atoms with Gasteiger partial charge in [0.25, 0.3) is 5.91 Å². The van der Waals surface area contributed by atoms with Crippen LogP contribution in [0.3, 0.4) is 0 Å². The zero-order valence-corrected chi connectivity index (χ0v) is 11.3. The molecule has 3 rings (SSSR count). The van der Waals surface area contributed by atoms with E-state index in [2.05, 4.69) is 15.9 Å².